The van der Waals surface area contributed by atoms with Gasteiger partial charge in [-0.05, 0) is 48.0 Å². The molecule has 0 fully saturated rings. The normalized spacial score (nSPS) is 11.5. The molecule has 132 valence electrons. The van der Waals surface area contributed by atoms with Crippen LogP contribution in [-0.2, 0) is 4.79 Å². The van der Waals surface area contributed by atoms with Crippen LogP contribution in [0.15, 0.2) is 83.3 Å². The molecule has 0 saturated carbocycles. The van der Waals surface area contributed by atoms with E-state index in [1.807, 2.05) is 78.9 Å². The molecule has 1 atom stereocenters. The van der Waals surface area contributed by atoms with E-state index in [-0.39, 0.29) is 5.91 Å². The third-order valence-corrected chi connectivity index (χ3v) is 4.38. The summed E-state index contributed by atoms with van der Waals surface area (Å²) in [5.41, 5.74) is 2.46. The van der Waals surface area contributed by atoms with Crippen LogP contribution < -0.4 is 15.4 Å². The molecule has 3 aromatic rings. The predicted molar refractivity (Wildman–Crippen MR) is 109 cm³/mol. The highest BCUT2D eigenvalue weighted by Crippen LogP contribution is 2.24. The van der Waals surface area contributed by atoms with Crippen LogP contribution in [0, 0.1) is 0 Å². The van der Waals surface area contributed by atoms with Crippen LogP contribution in [0.3, 0.4) is 0 Å². The van der Waals surface area contributed by atoms with Crippen molar-refractivity contribution in [1.82, 2.24) is 0 Å². The van der Waals surface area contributed by atoms with E-state index < -0.39 is 6.04 Å². The lowest BCUT2D eigenvalue weighted by molar-refractivity contribution is -0.117. The third-order valence-electron chi connectivity index (χ3n) is 3.89. The number of benzene rings is 3. The standard InChI is InChI=1S/C21H19BrN2O2/c1-26-19-12-10-17(11-13-19)24-21(25)20(15-6-3-2-4-7-15)23-18-9-5-8-16(22)14-18/h2-14,20,23H,1H3,(H,24,25). The summed E-state index contributed by atoms with van der Waals surface area (Å²) in [5, 5.41) is 6.27. The maximum absolute atomic E-state index is 12.9. The topological polar surface area (TPSA) is 50.4 Å². The number of ether oxygens (including phenoxy) is 1. The molecule has 1 amide bonds. The summed E-state index contributed by atoms with van der Waals surface area (Å²) in [5.74, 6) is 0.608. The van der Waals surface area contributed by atoms with Gasteiger partial charge >= 0.3 is 0 Å². The Morgan fingerprint density at radius 3 is 2.31 bits per heavy atom. The second-order valence-corrected chi connectivity index (χ2v) is 6.63. The second kappa shape index (κ2) is 8.54. The number of methoxy groups -OCH3 is 1. The van der Waals surface area contributed by atoms with Gasteiger partial charge in [0.15, 0.2) is 0 Å². The van der Waals surface area contributed by atoms with Gasteiger partial charge in [-0.25, -0.2) is 0 Å². The van der Waals surface area contributed by atoms with Crippen molar-refractivity contribution >= 4 is 33.2 Å². The van der Waals surface area contributed by atoms with Gasteiger partial charge in [0.25, 0.3) is 5.91 Å². The maximum Gasteiger partial charge on any atom is 0.251 e. The summed E-state index contributed by atoms with van der Waals surface area (Å²) >= 11 is 3.46. The Balaban J connectivity index is 1.83. The van der Waals surface area contributed by atoms with E-state index in [0.717, 1.165) is 21.5 Å². The Bertz CT molecular complexity index is 867. The average Bonchev–Trinajstić information content (AvgIpc) is 2.67. The third kappa shape index (κ3) is 4.64. The minimum atomic E-state index is -0.521. The minimum absolute atomic E-state index is 0.138. The van der Waals surface area contributed by atoms with Gasteiger partial charge in [0.2, 0.25) is 0 Å². The molecule has 0 aliphatic carbocycles. The zero-order valence-electron chi connectivity index (χ0n) is 14.3. The fourth-order valence-corrected chi connectivity index (χ4v) is 2.98. The molecule has 3 aromatic carbocycles. The van der Waals surface area contributed by atoms with Crippen molar-refractivity contribution < 1.29 is 9.53 Å². The quantitative estimate of drug-likeness (QED) is 0.583. The van der Waals surface area contributed by atoms with Crippen molar-refractivity contribution in [2.75, 3.05) is 17.7 Å². The molecular formula is C21H19BrN2O2. The number of anilines is 2. The van der Waals surface area contributed by atoms with E-state index in [1.165, 1.54) is 0 Å². The van der Waals surface area contributed by atoms with E-state index in [0.29, 0.717) is 5.69 Å². The van der Waals surface area contributed by atoms with Crippen LogP contribution in [0.25, 0.3) is 0 Å². The molecule has 0 radical (unpaired) electrons. The van der Waals surface area contributed by atoms with Crippen LogP contribution in [0.1, 0.15) is 11.6 Å². The molecule has 0 aliphatic heterocycles. The fourth-order valence-electron chi connectivity index (χ4n) is 2.58. The van der Waals surface area contributed by atoms with Crippen molar-refractivity contribution in [3.8, 4) is 5.75 Å². The lowest BCUT2D eigenvalue weighted by atomic mass is 10.1. The fraction of sp³-hybridized carbons (Fsp3) is 0.0952. The van der Waals surface area contributed by atoms with Gasteiger partial charge in [0.1, 0.15) is 11.8 Å². The van der Waals surface area contributed by atoms with Crippen molar-refractivity contribution in [2.24, 2.45) is 0 Å². The molecule has 26 heavy (non-hydrogen) atoms. The van der Waals surface area contributed by atoms with Gasteiger partial charge < -0.3 is 15.4 Å². The number of carbonyl (C=O) groups is 1. The van der Waals surface area contributed by atoms with E-state index in [9.17, 15) is 4.79 Å². The Labute approximate surface area is 161 Å². The monoisotopic (exact) mass is 410 g/mol. The summed E-state index contributed by atoms with van der Waals surface area (Å²) in [4.78, 5) is 12.9. The molecule has 0 bridgehead atoms. The SMILES string of the molecule is COc1ccc(NC(=O)C(Nc2cccc(Br)c2)c2ccccc2)cc1. The van der Waals surface area contributed by atoms with E-state index in [4.69, 9.17) is 4.74 Å². The van der Waals surface area contributed by atoms with Gasteiger partial charge in [-0.2, -0.15) is 0 Å². The first-order valence-corrected chi connectivity index (χ1v) is 8.97. The summed E-state index contributed by atoms with van der Waals surface area (Å²) in [6, 6.07) is 24.1. The molecule has 0 spiro atoms. The number of hydrogen-bond acceptors (Lipinski definition) is 3. The number of amides is 1. The largest absolute Gasteiger partial charge is 0.497 e. The molecular weight excluding hydrogens is 392 g/mol. The van der Waals surface area contributed by atoms with E-state index in [2.05, 4.69) is 26.6 Å². The van der Waals surface area contributed by atoms with Gasteiger partial charge in [-0.15, -0.1) is 0 Å². The molecule has 3 rings (SSSR count). The highest BCUT2D eigenvalue weighted by Gasteiger charge is 2.20. The minimum Gasteiger partial charge on any atom is -0.497 e. The molecule has 0 aromatic heterocycles. The zero-order chi connectivity index (χ0) is 18.4. The molecule has 1 unspecified atom stereocenters. The van der Waals surface area contributed by atoms with Crippen LogP contribution >= 0.6 is 15.9 Å². The highest BCUT2D eigenvalue weighted by atomic mass is 79.9. The Morgan fingerprint density at radius 1 is 0.923 bits per heavy atom. The van der Waals surface area contributed by atoms with Crippen LogP contribution in [0.2, 0.25) is 0 Å². The second-order valence-electron chi connectivity index (χ2n) is 5.72. The van der Waals surface area contributed by atoms with Crippen molar-refractivity contribution in [1.29, 1.82) is 0 Å². The van der Waals surface area contributed by atoms with Crippen LogP contribution in [0.4, 0.5) is 11.4 Å². The summed E-state index contributed by atoms with van der Waals surface area (Å²) in [7, 11) is 1.61. The Morgan fingerprint density at radius 2 is 1.65 bits per heavy atom. The molecule has 0 aliphatic rings. The first-order valence-electron chi connectivity index (χ1n) is 8.17. The average molecular weight is 411 g/mol. The molecule has 0 heterocycles. The Kier molecular flexibility index (Phi) is 5.92. The number of halogens is 1. The highest BCUT2D eigenvalue weighted by molar-refractivity contribution is 9.10. The molecule has 4 nitrogen and oxygen atoms in total. The number of hydrogen-bond donors (Lipinski definition) is 2. The number of nitrogens with one attached hydrogen (secondary N) is 2. The summed E-state index contributed by atoms with van der Waals surface area (Å²) in [6.07, 6.45) is 0. The van der Waals surface area contributed by atoms with E-state index in [1.54, 1.807) is 7.11 Å². The molecule has 2 N–H and O–H groups in total. The van der Waals surface area contributed by atoms with E-state index >= 15 is 0 Å². The first-order chi connectivity index (χ1) is 12.7. The number of rotatable bonds is 6. The zero-order valence-corrected chi connectivity index (χ0v) is 15.9. The van der Waals surface area contributed by atoms with Gasteiger partial charge in [0.05, 0.1) is 7.11 Å². The van der Waals surface area contributed by atoms with Gasteiger partial charge in [-0.1, -0.05) is 52.3 Å². The van der Waals surface area contributed by atoms with Crippen molar-refractivity contribution in [2.45, 2.75) is 6.04 Å². The number of carbonyl (C=O) groups excluding carboxylic acids is 1. The Hall–Kier alpha value is -2.79. The first kappa shape index (κ1) is 18.0. The van der Waals surface area contributed by atoms with Crippen molar-refractivity contribution in [3.05, 3.63) is 88.9 Å². The summed E-state index contributed by atoms with van der Waals surface area (Å²) < 4.78 is 6.10. The lowest BCUT2D eigenvalue weighted by Gasteiger charge is -2.20. The lowest BCUT2D eigenvalue weighted by Crippen LogP contribution is -2.27. The van der Waals surface area contributed by atoms with Crippen LogP contribution in [0.5, 0.6) is 5.75 Å². The van der Waals surface area contributed by atoms with Crippen molar-refractivity contribution in [3.63, 3.8) is 0 Å². The molecule has 0 saturated heterocycles. The van der Waals surface area contributed by atoms with Gasteiger partial charge in [0, 0.05) is 15.8 Å². The molecule has 5 heteroatoms. The van der Waals surface area contributed by atoms with Crippen LogP contribution in [-0.4, -0.2) is 13.0 Å². The van der Waals surface area contributed by atoms with Gasteiger partial charge in [-0.3, -0.25) is 4.79 Å². The maximum atomic E-state index is 12.9. The predicted octanol–water partition coefficient (Wildman–Crippen LogP) is 5.25. The summed E-state index contributed by atoms with van der Waals surface area (Å²) in [6.45, 7) is 0. The smallest absolute Gasteiger partial charge is 0.251 e.